The van der Waals surface area contributed by atoms with E-state index in [-0.39, 0.29) is 5.91 Å². The van der Waals surface area contributed by atoms with Crippen molar-refractivity contribution in [3.8, 4) is 5.88 Å². The van der Waals surface area contributed by atoms with E-state index in [9.17, 15) is 4.79 Å². The highest BCUT2D eigenvalue weighted by Gasteiger charge is 2.11. The summed E-state index contributed by atoms with van der Waals surface area (Å²) in [5, 5.41) is 6.00. The lowest BCUT2D eigenvalue weighted by molar-refractivity contribution is 0.102. The Morgan fingerprint density at radius 1 is 1.21 bits per heavy atom. The second kappa shape index (κ2) is 10.2. The molecule has 0 fully saturated rings. The quantitative estimate of drug-likeness (QED) is 0.412. The Morgan fingerprint density at radius 3 is 2.75 bits per heavy atom. The molecule has 3 aromatic rings. The number of aryl methyl sites for hydroxylation is 1. The SMILES string of the molecule is COCCOc1ncccc1NC(=O)c1ccc(SCc2csc(C)n2)cc1. The van der Waals surface area contributed by atoms with Crippen molar-refractivity contribution < 1.29 is 14.3 Å². The predicted molar refractivity (Wildman–Crippen MR) is 112 cm³/mol. The van der Waals surface area contributed by atoms with E-state index < -0.39 is 0 Å². The van der Waals surface area contributed by atoms with Gasteiger partial charge >= 0.3 is 0 Å². The van der Waals surface area contributed by atoms with Gasteiger partial charge in [0.2, 0.25) is 5.88 Å². The van der Waals surface area contributed by atoms with Crippen LogP contribution >= 0.6 is 23.1 Å². The molecule has 1 aromatic carbocycles. The number of hydrogen-bond acceptors (Lipinski definition) is 7. The van der Waals surface area contributed by atoms with Gasteiger partial charge in [-0.25, -0.2) is 9.97 Å². The van der Waals surface area contributed by atoms with Crippen molar-refractivity contribution in [2.75, 3.05) is 25.6 Å². The smallest absolute Gasteiger partial charge is 0.255 e. The Labute approximate surface area is 172 Å². The minimum atomic E-state index is -0.212. The van der Waals surface area contributed by atoms with E-state index in [1.165, 1.54) is 0 Å². The molecule has 146 valence electrons. The van der Waals surface area contributed by atoms with Crippen molar-refractivity contribution in [2.45, 2.75) is 17.6 Å². The summed E-state index contributed by atoms with van der Waals surface area (Å²) in [7, 11) is 1.60. The molecule has 8 heteroatoms. The Bertz CT molecular complexity index is 913. The number of nitrogens with zero attached hydrogens (tertiary/aromatic N) is 2. The number of benzene rings is 1. The number of thiazole rings is 1. The highest BCUT2D eigenvalue weighted by atomic mass is 32.2. The Hall–Kier alpha value is -2.42. The number of hydrogen-bond donors (Lipinski definition) is 1. The van der Waals surface area contributed by atoms with Crippen LogP contribution in [0.1, 0.15) is 21.1 Å². The van der Waals surface area contributed by atoms with Crippen LogP contribution in [0.2, 0.25) is 0 Å². The summed E-state index contributed by atoms with van der Waals surface area (Å²) in [4.78, 5) is 22.3. The minimum absolute atomic E-state index is 0.212. The van der Waals surface area contributed by atoms with E-state index in [0.717, 1.165) is 21.3 Å². The van der Waals surface area contributed by atoms with Gasteiger partial charge < -0.3 is 14.8 Å². The van der Waals surface area contributed by atoms with E-state index in [1.54, 1.807) is 48.5 Å². The maximum Gasteiger partial charge on any atom is 0.255 e. The first-order valence-electron chi connectivity index (χ1n) is 8.67. The zero-order valence-corrected chi connectivity index (χ0v) is 17.3. The van der Waals surface area contributed by atoms with Gasteiger partial charge in [0.25, 0.3) is 5.91 Å². The molecule has 1 N–H and O–H groups in total. The average Bonchev–Trinajstić information content (AvgIpc) is 3.13. The first kappa shape index (κ1) is 20.3. The fraction of sp³-hybridized carbons (Fsp3) is 0.250. The van der Waals surface area contributed by atoms with Gasteiger partial charge in [-0.3, -0.25) is 4.79 Å². The molecular formula is C20H21N3O3S2. The summed E-state index contributed by atoms with van der Waals surface area (Å²) in [5.41, 5.74) is 2.17. The molecule has 0 aliphatic rings. The Kier molecular flexibility index (Phi) is 7.41. The number of anilines is 1. The van der Waals surface area contributed by atoms with E-state index in [4.69, 9.17) is 9.47 Å². The fourth-order valence-electron chi connectivity index (χ4n) is 2.35. The number of ether oxygens (including phenoxy) is 2. The van der Waals surface area contributed by atoms with Crippen molar-refractivity contribution in [3.05, 3.63) is 64.2 Å². The van der Waals surface area contributed by atoms with Gasteiger partial charge in [0.05, 0.1) is 17.3 Å². The predicted octanol–water partition coefficient (Wildman–Crippen LogP) is 4.42. The highest BCUT2D eigenvalue weighted by Crippen LogP contribution is 2.25. The molecule has 0 atom stereocenters. The molecule has 0 saturated heterocycles. The number of rotatable bonds is 9. The lowest BCUT2D eigenvalue weighted by Crippen LogP contribution is -2.14. The van der Waals surface area contributed by atoms with Crippen molar-refractivity contribution in [3.63, 3.8) is 0 Å². The topological polar surface area (TPSA) is 73.3 Å². The van der Waals surface area contributed by atoms with E-state index in [2.05, 4.69) is 20.7 Å². The van der Waals surface area contributed by atoms with Crippen molar-refractivity contribution >= 4 is 34.7 Å². The van der Waals surface area contributed by atoms with Crippen LogP contribution < -0.4 is 10.1 Å². The Balaban J connectivity index is 1.59. The maximum atomic E-state index is 12.6. The van der Waals surface area contributed by atoms with Gasteiger partial charge in [0, 0.05) is 34.9 Å². The largest absolute Gasteiger partial charge is 0.474 e. The first-order chi connectivity index (χ1) is 13.7. The summed E-state index contributed by atoms with van der Waals surface area (Å²) in [6, 6.07) is 11.0. The number of carbonyl (C=O) groups is 1. The zero-order chi connectivity index (χ0) is 19.8. The second-order valence-electron chi connectivity index (χ2n) is 5.82. The number of nitrogens with one attached hydrogen (secondary N) is 1. The molecule has 28 heavy (non-hydrogen) atoms. The van der Waals surface area contributed by atoms with Gasteiger partial charge in [-0.05, 0) is 43.3 Å². The fourth-order valence-corrected chi connectivity index (χ4v) is 3.86. The highest BCUT2D eigenvalue weighted by molar-refractivity contribution is 7.98. The van der Waals surface area contributed by atoms with Crippen molar-refractivity contribution in [2.24, 2.45) is 0 Å². The molecule has 0 bridgehead atoms. The number of carbonyl (C=O) groups excluding carboxylic acids is 1. The molecule has 0 aliphatic heterocycles. The molecule has 0 saturated carbocycles. The lowest BCUT2D eigenvalue weighted by Gasteiger charge is -2.11. The number of thioether (sulfide) groups is 1. The molecule has 3 rings (SSSR count). The number of pyridine rings is 1. The third-order valence-electron chi connectivity index (χ3n) is 3.72. The molecule has 2 aromatic heterocycles. The molecule has 0 radical (unpaired) electrons. The van der Waals surface area contributed by atoms with Crippen molar-refractivity contribution in [1.29, 1.82) is 0 Å². The van der Waals surface area contributed by atoms with Crippen LogP contribution in [-0.4, -0.2) is 36.2 Å². The third kappa shape index (κ3) is 5.79. The van der Waals surface area contributed by atoms with Gasteiger partial charge in [0.15, 0.2) is 0 Å². The summed E-state index contributed by atoms with van der Waals surface area (Å²) in [6.07, 6.45) is 1.62. The van der Waals surface area contributed by atoms with Crippen LogP contribution in [0.3, 0.4) is 0 Å². The molecule has 6 nitrogen and oxygen atoms in total. The van der Waals surface area contributed by atoms with Crippen LogP contribution in [0.4, 0.5) is 5.69 Å². The van der Waals surface area contributed by atoms with E-state index >= 15 is 0 Å². The van der Waals surface area contributed by atoms with Crippen LogP contribution in [0.15, 0.2) is 52.9 Å². The maximum absolute atomic E-state index is 12.6. The molecule has 0 spiro atoms. The van der Waals surface area contributed by atoms with Gasteiger partial charge in [-0.1, -0.05) is 0 Å². The summed E-state index contributed by atoms with van der Waals surface area (Å²) < 4.78 is 10.5. The summed E-state index contributed by atoms with van der Waals surface area (Å²) in [5.74, 6) is 0.975. The molecule has 0 aliphatic carbocycles. The van der Waals surface area contributed by atoms with Gasteiger partial charge in [-0.15, -0.1) is 23.1 Å². The second-order valence-corrected chi connectivity index (χ2v) is 7.93. The first-order valence-corrected chi connectivity index (χ1v) is 10.5. The van der Waals surface area contributed by atoms with Gasteiger partial charge in [0.1, 0.15) is 12.3 Å². The number of aromatic nitrogens is 2. The lowest BCUT2D eigenvalue weighted by atomic mass is 10.2. The number of amides is 1. The molecular weight excluding hydrogens is 394 g/mol. The Morgan fingerprint density at radius 2 is 2.04 bits per heavy atom. The molecule has 0 unspecified atom stereocenters. The van der Waals surface area contributed by atoms with Crippen LogP contribution in [0, 0.1) is 6.92 Å². The summed E-state index contributed by atoms with van der Waals surface area (Å²) in [6.45, 7) is 2.81. The molecule has 1 amide bonds. The monoisotopic (exact) mass is 415 g/mol. The van der Waals surface area contributed by atoms with Crippen LogP contribution in [-0.2, 0) is 10.5 Å². The minimum Gasteiger partial charge on any atom is -0.474 e. The molecule has 2 heterocycles. The standard InChI is InChI=1S/C20H21N3O3S2/c1-14-22-16(12-27-14)13-28-17-7-5-15(6-8-17)19(24)23-18-4-3-9-21-20(18)26-11-10-25-2/h3-9,12H,10-11,13H2,1-2H3,(H,23,24). The zero-order valence-electron chi connectivity index (χ0n) is 15.7. The average molecular weight is 416 g/mol. The van der Waals surface area contributed by atoms with E-state index in [0.29, 0.717) is 30.3 Å². The third-order valence-corrected chi connectivity index (χ3v) is 5.58. The normalized spacial score (nSPS) is 10.6. The summed E-state index contributed by atoms with van der Waals surface area (Å²) >= 11 is 3.35. The van der Waals surface area contributed by atoms with E-state index in [1.807, 2.05) is 31.2 Å². The van der Waals surface area contributed by atoms with Crippen molar-refractivity contribution in [1.82, 2.24) is 9.97 Å². The van der Waals surface area contributed by atoms with Crippen LogP contribution in [0.25, 0.3) is 0 Å². The number of methoxy groups -OCH3 is 1. The van der Waals surface area contributed by atoms with Crippen LogP contribution in [0.5, 0.6) is 5.88 Å². The van der Waals surface area contributed by atoms with Gasteiger partial charge in [-0.2, -0.15) is 0 Å².